The van der Waals surface area contributed by atoms with Crippen LogP contribution in [-0.4, -0.2) is 38.3 Å². The average Bonchev–Trinajstić information content (AvgIpc) is 2.23. The number of halogens is 2. The monoisotopic (exact) mass is 244 g/mol. The molecular weight excluding hydrogens is 226 g/mol. The van der Waals surface area contributed by atoms with Crippen molar-refractivity contribution < 1.29 is 13.5 Å². The highest BCUT2D eigenvalue weighted by atomic mass is 19.1. The molecular formula is C12H18F2N2O. The van der Waals surface area contributed by atoms with Crippen molar-refractivity contribution in [1.29, 1.82) is 0 Å². The minimum atomic E-state index is -0.434. The molecule has 17 heavy (non-hydrogen) atoms. The van der Waals surface area contributed by atoms with Crippen molar-refractivity contribution in [1.82, 2.24) is 4.90 Å². The molecule has 1 unspecified atom stereocenters. The van der Waals surface area contributed by atoms with E-state index in [-0.39, 0.29) is 6.04 Å². The molecule has 1 aromatic rings. The number of ether oxygens (including phenoxy) is 1. The second-order valence-corrected chi connectivity index (χ2v) is 4.15. The Labute approximate surface area is 100 Å². The van der Waals surface area contributed by atoms with E-state index in [1.165, 1.54) is 6.07 Å². The zero-order valence-corrected chi connectivity index (χ0v) is 10.1. The molecule has 0 heterocycles. The van der Waals surface area contributed by atoms with Crippen LogP contribution in [0.3, 0.4) is 0 Å². The number of nitrogens with two attached hydrogens (primary N) is 1. The number of likely N-dealkylation sites (N-methyl/N-ethyl adjacent to an activating group) is 1. The highest BCUT2D eigenvalue weighted by Crippen LogP contribution is 2.11. The van der Waals surface area contributed by atoms with Crippen LogP contribution in [0.1, 0.15) is 5.56 Å². The maximum Gasteiger partial charge on any atom is 0.127 e. The lowest BCUT2D eigenvalue weighted by atomic mass is 10.2. The maximum atomic E-state index is 13.4. The van der Waals surface area contributed by atoms with Crippen molar-refractivity contribution >= 4 is 0 Å². The molecule has 0 saturated carbocycles. The Morgan fingerprint density at radius 1 is 1.41 bits per heavy atom. The summed E-state index contributed by atoms with van der Waals surface area (Å²) >= 11 is 0. The zero-order chi connectivity index (χ0) is 12.8. The van der Waals surface area contributed by atoms with E-state index in [9.17, 15) is 8.78 Å². The molecule has 1 atom stereocenters. The van der Waals surface area contributed by atoms with Crippen molar-refractivity contribution in [2.75, 3.05) is 27.3 Å². The normalized spacial score (nSPS) is 13.1. The maximum absolute atomic E-state index is 13.4. The first-order valence-electron chi connectivity index (χ1n) is 5.40. The van der Waals surface area contributed by atoms with Crippen molar-refractivity contribution in [2.45, 2.75) is 12.6 Å². The van der Waals surface area contributed by atoms with Crippen LogP contribution in [0.4, 0.5) is 8.78 Å². The standard InChI is InChI=1S/C12H18F2N2O/c1-16(7-11(15)8-17-2)6-9-5-10(13)3-4-12(9)14/h3-5,11H,6-8,15H2,1-2H3. The van der Waals surface area contributed by atoms with Crippen molar-refractivity contribution in [3.63, 3.8) is 0 Å². The molecule has 0 bridgehead atoms. The fourth-order valence-electron chi connectivity index (χ4n) is 1.69. The van der Waals surface area contributed by atoms with Gasteiger partial charge in [0.05, 0.1) is 6.61 Å². The third-order valence-corrected chi connectivity index (χ3v) is 2.37. The molecule has 0 radical (unpaired) electrons. The quantitative estimate of drug-likeness (QED) is 0.821. The lowest BCUT2D eigenvalue weighted by Gasteiger charge is -2.21. The Balaban J connectivity index is 2.55. The summed E-state index contributed by atoms with van der Waals surface area (Å²) in [6, 6.07) is 3.30. The molecule has 0 fully saturated rings. The molecule has 96 valence electrons. The first kappa shape index (κ1) is 14.0. The van der Waals surface area contributed by atoms with E-state index in [4.69, 9.17) is 10.5 Å². The summed E-state index contributed by atoms with van der Waals surface area (Å²) in [5.41, 5.74) is 6.10. The predicted molar refractivity (Wildman–Crippen MR) is 62.5 cm³/mol. The molecule has 0 aliphatic carbocycles. The minimum Gasteiger partial charge on any atom is -0.383 e. The molecule has 0 amide bonds. The van der Waals surface area contributed by atoms with Crippen LogP contribution in [0.25, 0.3) is 0 Å². The summed E-state index contributed by atoms with van der Waals surface area (Å²) in [7, 11) is 3.38. The van der Waals surface area contributed by atoms with Gasteiger partial charge in [-0.3, -0.25) is 0 Å². The van der Waals surface area contributed by atoms with Gasteiger partial charge < -0.3 is 15.4 Å². The van der Waals surface area contributed by atoms with Crippen LogP contribution in [0.5, 0.6) is 0 Å². The van der Waals surface area contributed by atoms with Gasteiger partial charge in [-0.2, -0.15) is 0 Å². The third kappa shape index (κ3) is 4.77. The van der Waals surface area contributed by atoms with Gasteiger partial charge in [0.2, 0.25) is 0 Å². The largest absolute Gasteiger partial charge is 0.383 e. The molecule has 0 saturated heterocycles. The topological polar surface area (TPSA) is 38.5 Å². The molecule has 0 aromatic heterocycles. The molecule has 0 aliphatic heterocycles. The highest BCUT2D eigenvalue weighted by molar-refractivity contribution is 5.18. The molecule has 5 heteroatoms. The third-order valence-electron chi connectivity index (χ3n) is 2.37. The van der Waals surface area contributed by atoms with Gasteiger partial charge in [0.1, 0.15) is 11.6 Å². The highest BCUT2D eigenvalue weighted by Gasteiger charge is 2.10. The van der Waals surface area contributed by atoms with Gasteiger partial charge >= 0.3 is 0 Å². The smallest absolute Gasteiger partial charge is 0.127 e. The Morgan fingerprint density at radius 3 is 2.76 bits per heavy atom. The Bertz CT molecular complexity index is 360. The van der Waals surface area contributed by atoms with Crippen LogP contribution in [0.2, 0.25) is 0 Å². The van der Waals surface area contributed by atoms with E-state index in [2.05, 4.69) is 0 Å². The van der Waals surface area contributed by atoms with Gasteiger partial charge in [-0.1, -0.05) is 0 Å². The van der Waals surface area contributed by atoms with Crippen molar-refractivity contribution in [2.24, 2.45) is 5.73 Å². The second kappa shape index (κ2) is 6.64. The summed E-state index contributed by atoms with van der Waals surface area (Å²) in [5.74, 6) is -0.838. The second-order valence-electron chi connectivity index (χ2n) is 4.15. The van der Waals surface area contributed by atoms with E-state index in [1.807, 2.05) is 4.90 Å². The van der Waals surface area contributed by atoms with Gasteiger partial charge in [0, 0.05) is 31.8 Å². The molecule has 1 rings (SSSR count). The number of methoxy groups -OCH3 is 1. The first-order chi connectivity index (χ1) is 8.02. The van der Waals surface area contributed by atoms with Gasteiger partial charge in [-0.25, -0.2) is 8.78 Å². The van der Waals surface area contributed by atoms with Crippen LogP contribution >= 0.6 is 0 Å². The number of rotatable bonds is 6. The molecule has 2 N–H and O–H groups in total. The van der Waals surface area contributed by atoms with E-state index in [0.29, 0.717) is 25.3 Å². The lowest BCUT2D eigenvalue weighted by Crippen LogP contribution is -2.38. The Hall–Kier alpha value is -1.04. The van der Waals surface area contributed by atoms with Gasteiger partial charge in [0.25, 0.3) is 0 Å². The molecule has 0 aliphatic rings. The molecule has 1 aromatic carbocycles. The summed E-state index contributed by atoms with van der Waals surface area (Å²) in [6.45, 7) is 1.32. The average molecular weight is 244 g/mol. The zero-order valence-electron chi connectivity index (χ0n) is 10.1. The predicted octanol–water partition coefficient (Wildman–Crippen LogP) is 1.37. The van der Waals surface area contributed by atoms with Gasteiger partial charge in [-0.05, 0) is 25.2 Å². The number of nitrogens with zero attached hydrogens (tertiary/aromatic N) is 1. The van der Waals surface area contributed by atoms with Crippen molar-refractivity contribution in [3.8, 4) is 0 Å². The molecule has 3 nitrogen and oxygen atoms in total. The fraction of sp³-hybridized carbons (Fsp3) is 0.500. The van der Waals surface area contributed by atoms with E-state index in [0.717, 1.165) is 12.1 Å². The van der Waals surface area contributed by atoms with Crippen LogP contribution in [0.15, 0.2) is 18.2 Å². The van der Waals surface area contributed by atoms with E-state index in [1.54, 1.807) is 14.2 Å². The van der Waals surface area contributed by atoms with E-state index >= 15 is 0 Å². The van der Waals surface area contributed by atoms with Crippen LogP contribution in [-0.2, 0) is 11.3 Å². The van der Waals surface area contributed by atoms with Crippen LogP contribution < -0.4 is 5.73 Å². The van der Waals surface area contributed by atoms with Gasteiger partial charge in [-0.15, -0.1) is 0 Å². The molecule has 0 spiro atoms. The first-order valence-corrected chi connectivity index (χ1v) is 5.40. The number of hydrogen-bond donors (Lipinski definition) is 1. The Kier molecular flexibility index (Phi) is 5.47. The summed E-state index contributed by atoms with van der Waals surface area (Å²) in [6.07, 6.45) is 0. The van der Waals surface area contributed by atoms with Crippen molar-refractivity contribution in [3.05, 3.63) is 35.4 Å². The minimum absolute atomic E-state index is 0.137. The van der Waals surface area contributed by atoms with Gasteiger partial charge in [0.15, 0.2) is 0 Å². The summed E-state index contributed by atoms with van der Waals surface area (Å²) < 4.78 is 31.2. The summed E-state index contributed by atoms with van der Waals surface area (Å²) in [4.78, 5) is 1.83. The van der Waals surface area contributed by atoms with E-state index < -0.39 is 11.6 Å². The Morgan fingerprint density at radius 2 is 2.12 bits per heavy atom. The number of benzene rings is 1. The number of hydrogen-bond acceptors (Lipinski definition) is 3. The van der Waals surface area contributed by atoms with Crippen LogP contribution in [0, 0.1) is 11.6 Å². The summed E-state index contributed by atoms with van der Waals surface area (Å²) in [5, 5.41) is 0. The fourth-order valence-corrected chi connectivity index (χ4v) is 1.69. The lowest BCUT2D eigenvalue weighted by molar-refractivity contribution is 0.159. The SMILES string of the molecule is COCC(N)CN(C)Cc1cc(F)ccc1F.